The highest BCUT2D eigenvalue weighted by atomic mass is 16.6. The van der Waals surface area contributed by atoms with Gasteiger partial charge in [-0.25, -0.2) is 4.99 Å². The smallest absolute Gasteiger partial charge is 0.269 e. The Morgan fingerprint density at radius 3 is 2.39 bits per heavy atom. The molecule has 6 heteroatoms. The summed E-state index contributed by atoms with van der Waals surface area (Å²) in [5, 5.41) is 17.3. The molecule has 0 bridgehead atoms. The first-order valence-corrected chi connectivity index (χ1v) is 7.72. The lowest BCUT2D eigenvalue weighted by Crippen LogP contribution is -2.44. The standard InChI is InChI=1S/C17H26N4O2/c1-12(2)10-18-17(20-14(5)13(3)4)19-11-15-6-8-16(9-7-15)21(22)23/h6-9,13-14H,1,10-11H2,2-5H3,(H2,18,19,20). The number of hydrogen-bond acceptors (Lipinski definition) is 3. The van der Waals surface area contributed by atoms with Gasteiger partial charge in [0.25, 0.3) is 5.69 Å². The van der Waals surface area contributed by atoms with E-state index in [0.29, 0.717) is 25.0 Å². The second-order valence-electron chi connectivity index (χ2n) is 6.08. The van der Waals surface area contributed by atoms with Crippen LogP contribution in [-0.4, -0.2) is 23.5 Å². The number of guanidine groups is 1. The molecule has 1 atom stereocenters. The monoisotopic (exact) mass is 318 g/mol. The first kappa shape index (κ1) is 18.7. The highest BCUT2D eigenvalue weighted by molar-refractivity contribution is 5.80. The van der Waals surface area contributed by atoms with Crippen LogP contribution in [0.3, 0.4) is 0 Å². The van der Waals surface area contributed by atoms with Crippen molar-refractivity contribution in [1.82, 2.24) is 10.6 Å². The summed E-state index contributed by atoms with van der Waals surface area (Å²) in [4.78, 5) is 14.8. The minimum atomic E-state index is -0.404. The van der Waals surface area contributed by atoms with Crippen molar-refractivity contribution in [2.24, 2.45) is 10.9 Å². The van der Waals surface area contributed by atoms with Crippen molar-refractivity contribution in [1.29, 1.82) is 0 Å². The minimum Gasteiger partial charge on any atom is -0.354 e. The van der Waals surface area contributed by atoms with Gasteiger partial charge < -0.3 is 10.6 Å². The normalized spacial score (nSPS) is 12.8. The van der Waals surface area contributed by atoms with E-state index in [1.54, 1.807) is 12.1 Å². The van der Waals surface area contributed by atoms with Gasteiger partial charge in [-0.05, 0) is 25.3 Å². The molecule has 0 aliphatic heterocycles. The summed E-state index contributed by atoms with van der Waals surface area (Å²) < 4.78 is 0. The average molecular weight is 318 g/mol. The zero-order valence-corrected chi connectivity index (χ0v) is 14.3. The Morgan fingerprint density at radius 1 is 1.30 bits per heavy atom. The van der Waals surface area contributed by atoms with Crippen LogP contribution in [-0.2, 0) is 6.54 Å². The van der Waals surface area contributed by atoms with Crippen molar-refractivity contribution >= 4 is 11.6 Å². The average Bonchev–Trinajstić information content (AvgIpc) is 2.49. The largest absolute Gasteiger partial charge is 0.354 e. The number of nitrogens with one attached hydrogen (secondary N) is 2. The van der Waals surface area contributed by atoms with E-state index in [9.17, 15) is 10.1 Å². The molecule has 1 aromatic rings. The Hall–Kier alpha value is -2.37. The van der Waals surface area contributed by atoms with Gasteiger partial charge in [0.1, 0.15) is 0 Å². The topological polar surface area (TPSA) is 79.6 Å². The van der Waals surface area contributed by atoms with Crippen LogP contribution < -0.4 is 10.6 Å². The van der Waals surface area contributed by atoms with Crippen LogP contribution in [0.25, 0.3) is 0 Å². The Morgan fingerprint density at radius 2 is 1.91 bits per heavy atom. The molecule has 0 saturated heterocycles. The van der Waals surface area contributed by atoms with E-state index < -0.39 is 4.92 Å². The van der Waals surface area contributed by atoms with Crippen molar-refractivity contribution in [3.63, 3.8) is 0 Å². The van der Waals surface area contributed by atoms with Gasteiger partial charge in [-0.15, -0.1) is 0 Å². The third kappa shape index (κ3) is 6.95. The number of benzene rings is 1. The van der Waals surface area contributed by atoms with Gasteiger partial charge in [-0.1, -0.05) is 38.1 Å². The van der Waals surface area contributed by atoms with Crippen molar-refractivity contribution < 1.29 is 4.92 Å². The van der Waals surface area contributed by atoms with E-state index in [0.717, 1.165) is 11.1 Å². The number of rotatable bonds is 7. The number of non-ortho nitro benzene ring substituents is 1. The lowest BCUT2D eigenvalue weighted by Gasteiger charge is -2.21. The fraction of sp³-hybridized carbons (Fsp3) is 0.471. The molecule has 0 radical (unpaired) electrons. The molecule has 0 amide bonds. The van der Waals surface area contributed by atoms with E-state index in [2.05, 4.69) is 43.0 Å². The van der Waals surface area contributed by atoms with Crippen molar-refractivity contribution in [2.75, 3.05) is 6.54 Å². The Bertz CT molecular complexity index is 564. The summed E-state index contributed by atoms with van der Waals surface area (Å²) in [6.45, 7) is 13.3. The summed E-state index contributed by atoms with van der Waals surface area (Å²) in [5.74, 6) is 1.19. The third-order valence-corrected chi connectivity index (χ3v) is 3.49. The third-order valence-electron chi connectivity index (χ3n) is 3.49. The molecule has 23 heavy (non-hydrogen) atoms. The minimum absolute atomic E-state index is 0.0879. The molecular formula is C17H26N4O2. The van der Waals surface area contributed by atoms with E-state index in [1.165, 1.54) is 12.1 Å². The summed E-state index contributed by atoms with van der Waals surface area (Å²) in [6.07, 6.45) is 0. The maximum atomic E-state index is 10.7. The zero-order valence-electron chi connectivity index (χ0n) is 14.3. The molecule has 1 rings (SSSR count). The van der Waals surface area contributed by atoms with E-state index in [-0.39, 0.29) is 11.7 Å². The van der Waals surface area contributed by atoms with Gasteiger partial charge in [0.15, 0.2) is 5.96 Å². The van der Waals surface area contributed by atoms with Gasteiger partial charge in [-0.2, -0.15) is 0 Å². The van der Waals surface area contributed by atoms with Crippen LogP contribution in [0, 0.1) is 16.0 Å². The molecule has 1 aromatic carbocycles. The molecule has 0 heterocycles. The fourth-order valence-corrected chi connectivity index (χ4v) is 1.66. The number of nitro benzene ring substituents is 1. The summed E-state index contributed by atoms with van der Waals surface area (Å²) in [7, 11) is 0. The van der Waals surface area contributed by atoms with Crippen molar-refractivity contribution in [2.45, 2.75) is 40.3 Å². The van der Waals surface area contributed by atoms with Crippen LogP contribution in [0.2, 0.25) is 0 Å². The van der Waals surface area contributed by atoms with Crippen LogP contribution in [0.5, 0.6) is 0 Å². The maximum Gasteiger partial charge on any atom is 0.269 e. The number of aliphatic imine (C=N–C) groups is 1. The lowest BCUT2D eigenvalue weighted by atomic mass is 10.1. The van der Waals surface area contributed by atoms with Crippen LogP contribution in [0.4, 0.5) is 5.69 Å². The molecule has 0 aromatic heterocycles. The predicted molar refractivity (Wildman–Crippen MR) is 94.5 cm³/mol. The van der Waals surface area contributed by atoms with Crippen molar-refractivity contribution in [3.05, 3.63) is 52.1 Å². The number of hydrogen-bond donors (Lipinski definition) is 2. The number of nitrogens with zero attached hydrogens (tertiary/aromatic N) is 2. The summed E-state index contributed by atoms with van der Waals surface area (Å²) >= 11 is 0. The predicted octanol–water partition coefficient (Wildman–Crippen LogP) is 3.25. The highest BCUT2D eigenvalue weighted by Crippen LogP contribution is 2.12. The molecule has 0 aliphatic rings. The highest BCUT2D eigenvalue weighted by Gasteiger charge is 2.09. The van der Waals surface area contributed by atoms with Gasteiger partial charge in [-0.3, -0.25) is 10.1 Å². The molecule has 2 N–H and O–H groups in total. The first-order chi connectivity index (χ1) is 10.8. The second-order valence-corrected chi connectivity index (χ2v) is 6.08. The SMILES string of the molecule is C=C(C)CNC(=NCc1ccc([N+](=O)[O-])cc1)NC(C)C(C)C. The maximum absolute atomic E-state index is 10.7. The second kappa shape index (κ2) is 8.92. The van der Waals surface area contributed by atoms with Crippen LogP contribution in [0.15, 0.2) is 41.4 Å². The Labute approximate surface area is 137 Å². The van der Waals surface area contributed by atoms with E-state index in [4.69, 9.17) is 0 Å². The molecule has 6 nitrogen and oxygen atoms in total. The van der Waals surface area contributed by atoms with Gasteiger partial charge >= 0.3 is 0 Å². The molecular weight excluding hydrogens is 292 g/mol. The molecule has 1 unspecified atom stereocenters. The van der Waals surface area contributed by atoms with Gasteiger partial charge in [0, 0.05) is 24.7 Å². The Kier molecular flexibility index (Phi) is 7.25. The zero-order chi connectivity index (χ0) is 17.4. The number of nitro groups is 1. The molecule has 0 fully saturated rings. The fourth-order valence-electron chi connectivity index (χ4n) is 1.66. The first-order valence-electron chi connectivity index (χ1n) is 7.72. The van der Waals surface area contributed by atoms with Gasteiger partial charge in [0.05, 0.1) is 11.5 Å². The van der Waals surface area contributed by atoms with Crippen molar-refractivity contribution in [3.8, 4) is 0 Å². The quantitative estimate of drug-likeness (QED) is 0.266. The van der Waals surface area contributed by atoms with E-state index >= 15 is 0 Å². The van der Waals surface area contributed by atoms with E-state index in [1.807, 2.05) is 6.92 Å². The summed E-state index contributed by atoms with van der Waals surface area (Å²) in [6, 6.07) is 6.73. The molecule has 0 saturated carbocycles. The lowest BCUT2D eigenvalue weighted by molar-refractivity contribution is -0.384. The molecule has 126 valence electrons. The van der Waals surface area contributed by atoms with Crippen LogP contribution in [0.1, 0.15) is 33.3 Å². The van der Waals surface area contributed by atoms with Crippen LogP contribution >= 0.6 is 0 Å². The molecule has 0 aliphatic carbocycles. The Balaban J connectivity index is 2.77. The molecule has 0 spiro atoms. The summed E-state index contributed by atoms with van der Waals surface area (Å²) in [5.41, 5.74) is 2.03. The van der Waals surface area contributed by atoms with Gasteiger partial charge in [0.2, 0.25) is 0 Å².